The number of halogens is 1. The lowest BCUT2D eigenvalue weighted by molar-refractivity contribution is 0.197. The van der Waals surface area contributed by atoms with Gasteiger partial charge in [-0.3, -0.25) is 0 Å². The van der Waals surface area contributed by atoms with Gasteiger partial charge in [0.05, 0.1) is 0 Å². The van der Waals surface area contributed by atoms with Gasteiger partial charge >= 0.3 is 0 Å². The van der Waals surface area contributed by atoms with E-state index in [1.54, 1.807) is 0 Å². The van der Waals surface area contributed by atoms with Gasteiger partial charge in [0.2, 0.25) is 0 Å². The van der Waals surface area contributed by atoms with Crippen molar-refractivity contribution in [3.05, 3.63) is 0 Å². The van der Waals surface area contributed by atoms with Crippen LogP contribution in [-0.2, 0) is 0 Å². The van der Waals surface area contributed by atoms with Crippen molar-refractivity contribution >= 4 is 11.6 Å². The zero-order valence-electron chi connectivity index (χ0n) is 10.6. The quantitative estimate of drug-likeness (QED) is 0.566. The zero-order chi connectivity index (χ0) is 11.3. The van der Waals surface area contributed by atoms with Gasteiger partial charge in [-0.2, -0.15) is 0 Å². The van der Waals surface area contributed by atoms with Crippen LogP contribution in [0.4, 0.5) is 0 Å². The molecule has 90 valence electrons. The Labute approximate surface area is 101 Å². The third kappa shape index (κ3) is 4.76. The van der Waals surface area contributed by atoms with E-state index in [1.807, 2.05) is 0 Å². The highest BCUT2D eigenvalue weighted by atomic mass is 35.5. The third-order valence-electron chi connectivity index (χ3n) is 4.20. The van der Waals surface area contributed by atoms with E-state index in [4.69, 9.17) is 11.6 Å². The molecule has 1 heteroatoms. The highest BCUT2D eigenvalue weighted by Gasteiger charge is 2.24. The maximum Gasteiger partial charge on any atom is 0.0336 e. The Balaban J connectivity index is 2.16. The minimum atomic E-state index is 0.435. The molecule has 0 aromatic rings. The van der Waals surface area contributed by atoms with Gasteiger partial charge < -0.3 is 0 Å². The lowest BCUT2D eigenvalue weighted by atomic mass is 9.74. The van der Waals surface area contributed by atoms with Crippen LogP contribution in [0.2, 0.25) is 0 Å². The van der Waals surface area contributed by atoms with Gasteiger partial charge in [0, 0.05) is 5.38 Å². The zero-order valence-corrected chi connectivity index (χ0v) is 11.4. The van der Waals surface area contributed by atoms with Crippen LogP contribution in [0.1, 0.15) is 65.7 Å². The van der Waals surface area contributed by atoms with Crippen LogP contribution in [0.25, 0.3) is 0 Å². The fraction of sp³-hybridized carbons (Fsp3) is 1.00. The molecule has 0 aromatic carbocycles. The molecule has 0 radical (unpaired) electrons. The first-order chi connectivity index (χ1) is 7.13. The lowest BCUT2D eigenvalue weighted by Crippen LogP contribution is -2.21. The number of hydrogen-bond acceptors (Lipinski definition) is 0. The van der Waals surface area contributed by atoms with Crippen molar-refractivity contribution in [1.29, 1.82) is 0 Å². The summed E-state index contributed by atoms with van der Waals surface area (Å²) in [6.45, 7) is 7.04. The summed E-state index contributed by atoms with van der Waals surface area (Å²) in [5.41, 5.74) is 0. The van der Waals surface area contributed by atoms with Gasteiger partial charge in [-0.15, -0.1) is 11.6 Å². The smallest absolute Gasteiger partial charge is 0.0336 e. The molecule has 4 unspecified atom stereocenters. The normalized spacial score (nSPS) is 34.0. The summed E-state index contributed by atoms with van der Waals surface area (Å²) in [6.07, 6.45) is 9.35. The fourth-order valence-corrected chi connectivity index (χ4v) is 3.14. The molecule has 0 aliphatic heterocycles. The first-order valence-electron chi connectivity index (χ1n) is 6.77. The molecule has 0 saturated heterocycles. The molecule has 0 nitrogen and oxygen atoms in total. The second kappa shape index (κ2) is 6.78. The van der Waals surface area contributed by atoms with Crippen molar-refractivity contribution in [2.75, 3.05) is 0 Å². The maximum atomic E-state index is 6.27. The molecule has 1 saturated carbocycles. The van der Waals surface area contributed by atoms with Gasteiger partial charge in [-0.25, -0.2) is 0 Å². The molecule has 1 aliphatic rings. The van der Waals surface area contributed by atoms with E-state index in [1.165, 1.54) is 44.9 Å². The van der Waals surface area contributed by atoms with E-state index in [-0.39, 0.29) is 0 Å². The molecule has 1 aliphatic carbocycles. The molecule has 1 fully saturated rings. The van der Waals surface area contributed by atoms with Crippen molar-refractivity contribution in [3.63, 3.8) is 0 Å². The van der Waals surface area contributed by atoms with Crippen molar-refractivity contribution in [1.82, 2.24) is 0 Å². The summed E-state index contributed by atoms with van der Waals surface area (Å²) >= 11 is 6.27. The van der Waals surface area contributed by atoms with Crippen molar-refractivity contribution in [2.24, 2.45) is 17.8 Å². The lowest BCUT2D eigenvalue weighted by Gasteiger charge is -2.32. The molecule has 15 heavy (non-hydrogen) atoms. The Bertz CT molecular complexity index is 167. The van der Waals surface area contributed by atoms with Crippen molar-refractivity contribution in [2.45, 2.75) is 71.1 Å². The first-order valence-corrected chi connectivity index (χ1v) is 7.21. The Morgan fingerprint density at radius 2 is 1.87 bits per heavy atom. The van der Waals surface area contributed by atoms with Crippen LogP contribution in [0.3, 0.4) is 0 Å². The minimum Gasteiger partial charge on any atom is -0.123 e. The summed E-state index contributed by atoms with van der Waals surface area (Å²) in [7, 11) is 0. The molecular weight excluding hydrogens is 204 g/mol. The summed E-state index contributed by atoms with van der Waals surface area (Å²) in [5.74, 6) is 2.85. The highest BCUT2D eigenvalue weighted by Crippen LogP contribution is 2.36. The predicted octanol–water partition coefficient (Wildman–Crippen LogP) is 5.25. The molecule has 0 aromatic heterocycles. The average molecular weight is 231 g/mol. The topological polar surface area (TPSA) is 0 Å². The molecule has 4 atom stereocenters. The third-order valence-corrected chi connectivity index (χ3v) is 4.63. The van der Waals surface area contributed by atoms with Gasteiger partial charge in [-0.05, 0) is 43.4 Å². The van der Waals surface area contributed by atoms with Gasteiger partial charge in [0.1, 0.15) is 0 Å². The monoisotopic (exact) mass is 230 g/mol. The standard InChI is InChI=1S/C14H27Cl/c1-4-5-14(15)9-8-13-7-6-11(2)12(3)10-13/h11-14H,4-10H2,1-3H3. The highest BCUT2D eigenvalue weighted by molar-refractivity contribution is 6.20. The van der Waals surface area contributed by atoms with Gasteiger partial charge in [0.15, 0.2) is 0 Å². The summed E-state index contributed by atoms with van der Waals surface area (Å²) in [6, 6.07) is 0. The number of hydrogen-bond donors (Lipinski definition) is 0. The van der Waals surface area contributed by atoms with Crippen LogP contribution >= 0.6 is 11.6 Å². The van der Waals surface area contributed by atoms with Crippen LogP contribution < -0.4 is 0 Å². The number of rotatable bonds is 5. The van der Waals surface area contributed by atoms with E-state index in [0.717, 1.165) is 17.8 Å². The summed E-state index contributed by atoms with van der Waals surface area (Å²) in [4.78, 5) is 0. The van der Waals surface area contributed by atoms with E-state index in [2.05, 4.69) is 20.8 Å². The minimum absolute atomic E-state index is 0.435. The molecule has 1 rings (SSSR count). The summed E-state index contributed by atoms with van der Waals surface area (Å²) < 4.78 is 0. The SMILES string of the molecule is CCCC(Cl)CCC1CCC(C)C(C)C1. The summed E-state index contributed by atoms with van der Waals surface area (Å²) in [5, 5.41) is 0.435. The molecule has 0 amide bonds. The molecule has 0 heterocycles. The number of alkyl halides is 1. The van der Waals surface area contributed by atoms with E-state index in [0.29, 0.717) is 5.38 Å². The van der Waals surface area contributed by atoms with Crippen molar-refractivity contribution in [3.8, 4) is 0 Å². The van der Waals surface area contributed by atoms with E-state index in [9.17, 15) is 0 Å². The fourth-order valence-electron chi connectivity index (χ4n) is 2.80. The van der Waals surface area contributed by atoms with Crippen LogP contribution in [-0.4, -0.2) is 5.38 Å². The second-order valence-corrected chi connectivity index (χ2v) is 6.21. The Hall–Kier alpha value is 0.290. The van der Waals surface area contributed by atoms with Gasteiger partial charge in [0.25, 0.3) is 0 Å². The average Bonchev–Trinajstić information content (AvgIpc) is 2.20. The molecular formula is C14H27Cl. The first kappa shape index (κ1) is 13.4. The van der Waals surface area contributed by atoms with Gasteiger partial charge in [-0.1, -0.05) is 40.0 Å². The van der Waals surface area contributed by atoms with E-state index >= 15 is 0 Å². The second-order valence-electron chi connectivity index (χ2n) is 5.60. The Morgan fingerprint density at radius 3 is 2.47 bits per heavy atom. The predicted molar refractivity (Wildman–Crippen MR) is 69.5 cm³/mol. The Morgan fingerprint density at radius 1 is 1.13 bits per heavy atom. The maximum absolute atomic E-state index is 6.27. The Kier molecular flexibility index (Phi) is 6.04. The van der Waals surface area contributed by atoms with Crippen molar-refractivity contribution < 1.29 is 0 Å². The van der Waals surface area contributed by atoms with E-state index < -0.39 is 0 Å². The largest absolute Gasteiger partial charge is 0.123 e. The van der Waals surface area contributed by atoms with Crippen LogP contribution in [0.5, 0.6) is 0 Å². The molecule has 0 N–H and O–H groups in total. The molecule has 0 spiro atoms. The molecule has 0 bridgehead atoms. The van der Waals surface area contributed by atoms with Crippen LogP contribution in [0, 0.1) is 17.8 Å². The van der Waals surface area contributed by atoms with Crippen LogP contribution in [0.15, 0.2) is 0 Å².